The topological polar surface area (TPSA) is 66.5 Å². The molecule has 0 fully saturated rings. The number of alkyl halides is 3. The average Bonchev–Trinajstić information content (AvgIpc) is 2.34. The van der Waals surface area contributed by atoms with Gasteiger partial charge >= 0.3 is 6.18 Å². The molecule has 0 unspecified atom stereocenters. The summed E-state index contributed by atoms with van der Waals surface area (Å²) in [4.78, 5) is 11.6. The van der Waals surface area contributed by atoms with Crippen LogP contribution in [0, 0.1) is 0 Å². The number of sulfonamides is 1. The van der Waals surface area contributed by atoms with Crippen molar-refractivity contribution < 1.29 is 26.4 Å². The molecule has 0 aliphatic rings. The monoisotopic (exact) mass is 358 g/mol. The van der Waals surface area contributed by atoms with Crippen LogP contribution in [-0.2, 0) is 21.0 Å². The molecule has 1 rings (SSSR count). The zero-order chi connectivity index (χ0) is 17.1. The largest absolute Gasteiger partial charge is 0.416 e. The Hall–Kier alpha value is -1.48. The first-order valence-corrected chi connectivity index (χ1v) is 8.30. The van der Waals surface area contributed by atoms with Crippen molar-refractivity contribution >= 4 is 33.2 Å². The molecule has 0 aliphatic heterocycles. The summed E-state index contributed by atoms with van der Waals surface area (Å²) in [5, 5.41) is 2.17. The van der Waals surface area contributed by atoms with Crippen molar-refractivity contribution in [2.24, 2.45) is 0 Å². The lowest BCUT2D eigenvalue weighted by Gasteiger charge is -2.23. The van der Waals surface area contributed by atoms with Crippen molar-refractivity contribution in [3.8, 4) is 0 Å². The van der Waals surface area contributed by atoms with Crippen LogP contribution in [0.15, 0.2) is 18.2 Å². The summed E-state index contributed by atoms with van der Waals surface area (Å²) in [6.45, 7) is 1.22. The van der Waals surface area contributed by atoms with E-state index < -0.39 is 39.9 Å². The second kappa shape index (κ2) is 6.74. The van der Waals surface area contributed by atoms with E-state index in [-0.39, 0.29) is 11.6 Å². The summed E-state index contributed by atoms with van der Waals surface area (Å²) in [7, 11) is -4.00. The van der Waals surface area contributed by atoms with Crippen LogP contribution in [0.5, 0.6) is 0 Å². The molecule has 5 nitrogen and oxygen atoms in total. The zero-order valence-electron chi connectivity index (χ0n) is 11.7. The third-order valence-electron chi connectivity index (χ3n) is 2.60. The van der Waals surface area contributed by atoms with Crippen LogP contribution >= 0.6 is 11.6 Å². The molecule has 0 atom stereocenters. The van der Waals surface area contributed by atoms with Gasteiger partial charge < -0.3 is 5.32 Å². The van der Waals surface area contributed by atoms with Gasteiger partial charge in [-0.25, -0.2) is 8.42 Å². The minimum atomic E-state index is -4.66. The number of hydrogen-bond acceptors (Lipinski definition) is 3. The molecule has 0 aromatic heterocycles. The Morgan fingerprint density at radius 3 is 2.41 bits per heavy atom. The third kappa shape index (κ3) is 4.77. The maximum atomic E-state index is 12.8. The number of benzene rings is 1. The normalized spacial score (nSPS) is 12.1. The molecule has 0 aliphatic carbocycles. The molecule has 10 heteroatoms. The molecule has 1 aromatic rings. The van der Waals surface area contributed by atoms with Gasteiger partial charge in [-0.3, -0.25) is 9.10 Å². The number of nitrogens with one attached hydrogen (secondary N) is 1. The second-order valence-corrected chi connectivity index (χ2v) is 6.70. The SMILES string of the molecule is CCNC(=O)CN(c1cc(C(F)(F)F)ccc1Cl)S(C)(=O)=O. The van der Waals surface area contributed by atoms with Crippen LogP contribution in [0.25, 0.3) is 0 Å². The van der Waals surface area contributed by atoms with E-state index in [0.717, 1.165) is 18.4 Å². The van der Waals surface area contributed by atoms with E-state index in [0.29, 0.717) is 10.4 Å². The summed E-state index contributed by atoms with van der Waals surface area (Å²) >= 11 is 5.80. The Labute approximate surface area is 131 Å². The Morgan fingerprint density at radius 1 is 1.36 bits per heavy atom. The van der Waals surface area contributed by atoms with Crippen molar-refractivity contribution in [1.82, 2.24) is 5.32 Å². The number of nitrogens with zero attached hydrogens (tertiary/aromatic N) is 1. The van der Waals surface area contributed by atoms with Gasteiger partial charge in [-0.2, -0.15) is 13.2 Å². The molecule has 22 heavy (non-hydrogen) atoms. The number of carbonyl (C=O) groups excluding carboxylic acids is 1. The van der Waals surface area contributed by atoms with E-state index >= 15 is 0 Å². The van der Waals surface area contributed by atoms with Gasteiger partial charge in [-0.1, -0.05) is 11.6 Å². The molecule has 0 bridgehead atoms. The van der Waals surface area contributed by atoms with Crippen molar-refractivity contribution in [2.75, 3.05) is 23.7 Å². The molecule has 1 aromatic carbocycles. The van der Waals surface area contributed by atoms with Gasteiger partial charge in [0.25, 0.3) is 0 Å². The van der Waals surface area contributed by atoms with Crippen LogP contribution in [0.4, 0.5) is 18.9 Å². The molecule has 1 amide bonds. The lowest BCUT2D eigenvalue weighted by atomic mass is 10.2. The molecule has 124 valence electrons. The standard InChI is InChI=1S/C12H14ClF3N2O3S/c1-3-17-11(19)7-18(22(2,20)21)10-6-8(12(14,15)16)4-5-9(10)13/h4-6H,3,7H2,1-2H3,(H,17,19). The highest BCUT2D eigenvalue weighted by Crippen LogP contribution is 2.36. The van der Waals surface area contributed by atoms with Crippen LogP contribution in [0.1, 0.15) is 12.5 Å². The fourth-order valence-corrected chi connectivity index (χ4v) is 2.77. The summed E-state index contributed by atoms with van der Waals surface area (Å²) in [5.41, 5.74) is -1.46. The number of carbonyl (C=O) groups is 1. The quantitative estimate of drug-likeness (QED) is 0.878. The van der Waals surface area contributed by atoms with Gasteiger partial charge in [0.2, 0.25) is 15.9 Å². The minimum absolute atomic E-state index is 0.206. The highest BCUT2D eigenvalue weighted by Gasteiger charge is 2.33. The summed E-state index contributed by atoms with van der Waals surface area (Å²) in [6.07, 6.45) is -3.88. The van der Waals surface area contributed by atoms with E-state index in [1.54, 1.807) is 6.92 Å². The molecular weight excluding hydrogens is 345 g/mol. The minimum Gasteiger partial charge on any atom is -0.355 e. The molecule has 0 heterocycles. The lowest BCUT2D eigenvalue weighted by molar-refractivity contribution is -0.137. The molecular formula is C12H14ClF3N2O3S. The summed E-state index contributed by atoms with van der Waals surface area (Å²) in [5.74, 6) is -0.651. The van der Waals surface area contributed by atoms with Crippen molar-refractivity contribution in [3.05, 3.63) is 28.8 Å². The predicted octanol–water partition coefficient (Wildman–Crippen LogP) is 2.26. The molecule has 1 N–H and O–H groups in total. The Kier molecular flexibility index (Phi) is 5.69. The van der Waals surface area contributed by atoms with Gasteiger partial charge in [-0.15, -0.1) is 0 Å². The van der Waals surface area contributed by atoms with Crippen LogP contribution in [0.3, 0.4) is 0 Å². The third-order valence-corrected chi connectivity index (χ3v) is 4.05. The second-order valence-electron chi connectivity index (χ2n) is 4.39. The first-order chi connectivity index (χ1) is 9.96. The van der Waals surface area contributed by atoms with Crippen LogP contribution in [0.2, 0.25) is 5.02 Å². The molecule has 0 spiro atoms. The molecule has 0 saturated heterocycles. The van der Waals surface area contributed by atoms with Gasteiger partial charge in [0.05, 0.1) is 22.5 Å². The fourth-order valence-electron chi connectivity index (χ4n) is 1.64. The maximum Gasteiger partial charge on any atom is 0.416 e. The number of halogens is 4. The Bertz CT molecular complexity index is 662. The Morgan fingerprint density at radius 2 is 1.95 bits per heavy atom. The highest BCUT2D eigenvalue weighted by atomic mass is 35.5. The summed E-state index contributed by atoms with van der Waals surface area (Å²) in [6, 6.07) is 2.27. The zero-order valence-corrected chi connectivity index (χ0v) is 13.3. The van der Waals surface area contributed by atoms with E-state index in [4.69, 9.17) is 11.6 Å². The van der Waals surface area contributed by atoms with Crippen LogP contribution < -0.4 is 9.62 Å². The Balaban J connectivity index is 3.34. The van der Waals surface area contributed by atoms with Gasteiger partial charge in [-0.05, 0) is 25.1 Å². The molecule has 0 radical (unpaired) electrons. The van der Waals surface area contributed by atoms with E-state index in [9.17, 15) is 26.4 Å². The maximum absolute atomic E-state index is 12.8. The van der Waals surface area contributed by atoms with E-state index in [1.807, 2.05) is 0 Å². The number of rotatable bonds is 5. The average molecular weight is 359 g/mol. The van der Waals surface area contributed by atoms with Crippen molar-refractivity contribution in [1.29, 1.82) is 0 Å². The smallest absolute Gasteiger partial charge is 0.355 e. The van der Waals surface area contributed by atoms with Gasteiger partial charge in [0.15, 0.2) is 0 Å². The lowest BCUT2D eigenvalue weighted by Crippen LogP contribution is -2.40. The highest BCUT2D eigenvalue weighted by molar-refractivity contribution is 7.92. The first-order valence-electron chi connectivity index (χ1n) is 6.08. The van der Waals surface area contributed by atoms with Crippen molar-refractivity contribution in [3.63, 3.8) is 0 Å². The number of likely N-dealkylation sites (N-methyl/N-ethyl adjacent to an activating group) is 1. The fraction of sp³-hybridized carbons (Fsp3) is 0.417. The van der Waals surface area contributed by atoms with Gasteiger partial charge in [0.1, 0.15) is 6.54 Å². The number of amides is 1. The van der Waals surface area contributed by atoms with Crippen molar-refractivity contribution in [2.45, 2.75) is 13.1 Å². The first kappa shape index (κ1) is 18.6. The summed E-state index contributed by atoms with van der Waals surface area (Å²) < 4.78 is 62.4. The molecule has 0 saturated carbocycles. The van der Waals surface area contributed by atoms with E-state index in [2.05, 4.69) is 5.32 Å². The van der Waals surface area contributed by atoms with Gasteiger partial charge in [0, 0.05) is 6.54 Å². The van der Waals surface area contributed by atoms with Crippen LogP contribution in [-0.4, -0.2) is 33.7 Å². The predicted molar refractivity (Wildman–Crippen MR) is 77.3 cm³/mol. The number of hydrogen-bond donors (Lipinski definition) is 1. The number of anilines is 1. The van der Waals surface area contributed by atoms with E-state index in [1.165, 1.54) is 0 Å².